The standard InChI is InChI=1S/C17H30N2O2/c1-13-9-15(21-16(13)10-18-17(3,4)5)12-19-7-6-8-20-14(2)11-19/h9,14,18H,6-8,10-12H2,1-5H3. The first kappa shape index (κ1) is 16.5. The molecule has 0 amide bonds. The predicted molar refractivity (Wildman–Crippen MR) is 85.3 cm³/mol. The monoisotopic (exact) mass is 294 g/mol. The Kier molecular flexibility index (Phi) is 5.47. The Morgan fingerprint density at radius 2 is 2.14 bits per heavy atom. The van der Waals surface area contributed by atoms with Gasteiger partial charge in [0.1, 0.15) is 11.5 Å². The summed E-state index contributed by atoms with van der Waals surface area (Å²) in [6.07, 6.45) is 1.41. The van der Waals surface area contributed by atoms with E-state index < -0.39 is 0 Å². The van der Waals surface area contributed by atoms with Crippen LogP contribution < -0.4 is 5.32 Å². The largest absolute Gasteiger partial charge is 0.463 e. The smallest absolute Gasteiger partial charge is 0.120 e. The molecule has 120 valence electrons. The summed E-state index contributed by atoms with van der Waals surface area (Å²) in [4.78, 5) is 2.43. The van der Waals surface area contributed by atoms with Crippen LogP contribution in [0.5, 0.6) is 0 Å². The van der Waals surface area contributed by atoms with Gasteiger partial charge in [-0.2, -0.15) is 0 Å². The summed E-state index contributed by atoms with van der Waals surface area (Å²) in [6, 6.07) is 2.18. The van der Waals surface area contributed by atoms with Crippen LogP contribution in [0, 0.1) is 6.92 Å². The number of rotatable bonds is 4. The van der Waals surface area contributed by atoms with Gasteiger partial charge < -0.3 is 14.5 Å². The number of ether oxygens (including phenoxy) is 1. The van der Waals surface area contributed by atoms with Gasteiger partial charge >= 0.3 is 0 Å². The van der Waals surface area contributed by atoms with Gasteiger partial charge in [-0.1, -0.05) is 0 Å². The highest BCUT2D eigenvalue weighted by Crippen LogP contribution is 2.18. The summed E-state index contributed by atoms with van der Waals surface area (Å²) >= 11 is 0. The average molecular weight is 294 g/mol. The normalized spacial score (nSPS) is 21.5. The van der Waals surface area contributed by atoms with Gasteiger partial charge in [0.15, 0.2) is 0 Å². The maximum Gasteiger partial charge on any atom is 0.120 e. The number of aryl methyl sites for hydroxylation is 1. The van der Waals surface area contributed by atoms with Crippen LogP contribution in [-0.2, 0) is 17.8 Å². The number of nitrogens with zero attached hydrogens (tertiary/aromatic N) is 1. The van der Waals surface area contributed by atoms with Crippen molar-refractivity contribution in [3.63, 3.8) is 0 Å². The zero-order valence-corrected chi connectivity index (χ0v) is 14.2. The van der Waals surface area contributed by atoms with Crippen molar-refractivity contribution in [3.8, 4) is 0 Å². The summed E-state index contributed by atoms with van der Waals surface area (Å²) in [5.74, 6) is 2.12. The number of nitrogens with one attached hydrogen (secondary N) is 1. The molecule has 21 heavy (non-hydrogen) atoms. The highest BCUT2D eigenvalue weighted by Gasteiger charge is 2.18. The van der Waals surface area contributed by atoms with Gasteiger partial charge in [-0.3, -0.25) is 4.90 Å². The minimum atomic E-state index is 0.108. The molecular formula is C17H30N2O2. The van der Waals surface area contributed by atoms with Crippen molar-refractivity contribution in [1.29, 1.82) is 0 Å². The molecule has 4 nitrogen and oxygen atoms in total. The minimum absolute atomic E-state index is 0.108. The van der Waals surface area contributed by atoms with Crippen molar-refractivity contribution in [2.75, 3.05) is 19.7 Å². The second-order valence-corrected chi connectivity index (χ2v) is 7.19. The lowest BCUT2D eigenvalue weighted by atomic mass is 10.1. The lowest BCUT2D eigenvalue weighted by Crippen LogP contribution is -2.35. The molecule has 2 rings (SSSR count). The Hall–Kier alpha value is -0.840. The van der Waals surface area contributed by atoms with E-state index in [9.17, 15) is 0 Å². The van der Waals surface area contributed by atoms with Crippen LogP contribution in [0.25, 0.3) is 0 Å². The number of furan rings is 1. The first-order chi connectivity index (χ1) is 9.83. The molecule has 4 heteroatoms. The van der Waals surface area contributed by atoms with Crippen LogP contribution in [0.2, 0.25) is 0 Å². The number of hydrogen-bond acceptors (Lipinski definition) is 4. The molecule has 2 heterocycles. The van der Waals surface area contributed by atoms with Crippen LogP contribution in [-0.4, -0.2) is 36.2 Å². The van der Waals surface area contributed by atoms with Crippen LogP contribution in [0.1, 0.15) is 51.2 Å². The molecule has 1 atom stereocenters. The maximum atomic E-state index is 6.04. The summed E-state index contributed by atoms with van der Waals surface area (Å²) in [5.41, 5.74) is 1.35. The van der Waals surface area contributed by atoms with Crippen LogP contribution in [0.15, 0.2) is 10.5 Å². The third-order valence-electron chi connectivity index (χ3n) is 3.77. The third kappa shape index (κ3) is 5.46. The second-order valence-electron chi connectivity index (χ2n) is 7.19. The highest BCUT2D eigenvalue weighted by atomic mass is 16.5. The van der Waals surface area contributed by atoms with E-state index in [1.807, 2.05) is 0 Å². The Morgan fingerprint density at radius 3 is 2.86 bits per heavy atom. The molecule has 0 aliphatic carbocycles. The fourth-order valence-electron chi connectivity index (χ4n) is 2.63. The Labute approximate surface area is 128 Å². The van der Waals surface area contributed by atoms with E-state index in [1.54, 1.807) is 0 Å². The zero-order valence-electron chi connectivity index (χ0n) is 14.2. The highest BCUT2D eigenvalue weighted by molar-refractivity contribution is 5.20. The van der Waals surface area contributed by atoms with Gasteiger partial charge in [-0.25, -0.2) is 0 Å². The van der Waals surface area contributed by atoms with Gasteiger partial charge in [0.25, 0.3) is 0 Å². The van der Waals surface area contributed by atoms with E-state index in [4.69, 9.17) is 9.15 Å². The van der Waals surface area contributed by atoms with Crippen LogP contribution in [0.3, 0.4) is 0 Å². The Morgan fingerprint density at radius 1 is 1.38 bits per heavy atom. The Bertz CT molecular complexity index is 448. The molecule has 1 aliphatic rings. The molecular weight excluding hydrogens is 264 g/mol. The summed E-state index contributed by atoms with van der Waals surface area (Å²) in [7, 11) is 0. The minimum Gasteiger partial charge on any atom is -0.463 e. The summed E-state index contributed by atoms with van der Waals surface area (Å²) in [5, 5.41) is 3.49. The fraction of sp³-hybridized carbons (Fsp3) is 0.765. The molecule has 1 aromatic rings. The fourth-order valence-corrected chi connectivity index (χ4v) is 2.63. The molecule has 0 spiro atoms. The SMILES string of the molecule is Cc1cc(CN2CCCOC(C)C2)oc1CNC(C)(C)C. The first-order valence-electron chi connectivity index (χ1n) is 8.00. The van der Waals surface area contributed by atoms with E-state index >= 15 is 0 Å². The van der Waals surface area contributed by atoms with E-state index in [1.165, 1.54) is 5.56 Å². The molecule has 0 aromatic carbocycles. The van der Waals surface area contributed by atoms with Crippen molar-refractivity contribution >= 4 is 0 Å². The lowest BCUT2D eigenvalue weighted by Gasteiger charge is -2.21. The number of hydrogen-bond donors (Lipinski definition) is 1. The van der Waals surface area contributed by atoms with Gasteiger partial charge in [-0.05, 0) is 52.7 Å². The third-order valence-corrected chi connectivity index (χ3v) is 3.77. The quantitative estimate of drug-likeness (QED) is 0.926. The average Bonchev–Trinajstić information content (AvgIpc) is 2.57. The van der Waals surface area contributed by atoms with Gasteiger partial charge in [0.05, 0.1) is 19.2 Å². The van der Waals surface area contributed by atoms with Crippen molar-refractivity contribution in [1.82, 2.24) is 10.2 Å². The first-order valence-corrected chi connectivity index (χ1v) is 8.00. The molecule has 1 aromatic heterocycles. The summed E-state index contributed by atoms with van der Waals surface area (Å²) < 4.78 is 11.7. The molecule has 1 fully saturated rings. The maximum absolute atomic E-state index is 6.04. The molecule has 1 aliphatic heterocycles. The van der Waals surface area contributed by atoms with Gasteiger partial charge in [0, 0.05) is 25.2 Å². The molecule has 0 bridgehead atoms. The Balaban J connectivity index is 1.94. The van der Waals surface area contributed by atoms with Crippen molar-refractivity contribution in [2.24, 2.45) is 0 Å². The van der Waals surface area contributed by atoms with Gasteiger partial charge in [-0.15, -0.1) is 0 Å². The van der Waals surface area contributed by atoms with E-state index in [0.29, 0.717) is 6.10 Å². The lowest BCUT2D eigenvalue weighted by molar-refractivity contribution is 0.0658. The predicted octanol–water partition coefficient (Wildman–Crippen LogP) is 3.09. The molecule has 1 saturated heterocycles. The van der Waals surface area contributed by atoms with Gasteiger partial charge in [0.2, 0.25) is 0 Å². The van der Waals surface area contributed by atoms with E-state index in [2.05, 4.69) is 50.9 Å². The topological polar surface area (TPSA) is 37.6 Å². The van der Waals surface area contributed by atoms with E-state index in [0.717, 1.165) is 50.7 Å². The molecule has 0 radical (unpaired) electrons. The molecule has 0 saturated carbocycles. The summed E-state index contributed by atoms with van der Waals surface area (Å²) in [6.45, 7) is 15.4. The van der Waals surface area contributed by atoms with Crippen molar-refractivity contribution in [3.05, 3.63) is 23.2 Å². The van der Waals surface area contributed by atoms with E-state index in [-0.39, 0.29) is 5.54 Å². The van der Waals surface area contributed by atoms with Crippen molar-refractivity contribution in [2.45, 2.75) is 65.8 Å². The van der Waals surface area contributed by atoms with Crippen LogP contribution in [0.4, 0.5) is 0 Å². The van der Waals surface area contributed by atoms with Crippen LogP contribution >= 0.6 is 0 Å². The second kappa shape index (κ2) is 6.95. The van der Waals surface area contributed by atoms with Crippen molar-refractivity contribution < 1.29 is 9.15 Å². The zero-order chi connectivity index (χ0) is 15.5. The molecule has 1 N–H and O–H groups in total. The molecule has 1 unspecified atom stereocenters.